The lowest BCUT2D eigenvalue weighted by Crippen LogP contribution is -2.34. The van der Waals surface area contributed by atoms with Crippen LogP contribution in [0.3, 0.4) is 0 Å². The molecule has 0 spiro atoms. The van der Waals surface area contributed by atoms with Crippen LogP contribution in [0.5, 0.6) is 0 Å². The monoisotopic (exact) mass is 284 g/mol. The second kappa shape index (κ2) is 5.52. The molecule has 19 heavy (non-hydrogen) atoms. The molecule has 1 aliphatic heterocycles. The summed E-state index contributed by atoms with van der Waals surface area (Å²) in [4.78, 5) is 21.7. The normalized spacial score (nSPS) is 18.7. The minimum absolute atomic E-state index is 0.0147. The van der Waals surface area contributed by atoms with Crippen LogP contribution in [0.2, 0.25) is 0 Å². The predicted molar refractivity (Wildman–Crippen MR) is 70.8 cm³/mol. The van der Waals surface area contributed by atoms with Crippen molar-refractivity contribution >= 4 is 21.6 Å². The van der Waals surface area contributed by atoms with Gasteiger partial charge in [0.2, 0.25) is 0 Å². The van der Waals surface area contributed by atoms with E-state index in [1.165, 1.54) is 17.3 Å². The van der Waals surface area contributed by atoms with Gasteiger partial charge in [0.15, 0.2) is 9.84 Å². The number of hydrogen-bond donors (Lipinski definition) is 1. The highest BCUT2D eigenvalue weighted by Gasteiger charge is 2.24. The number of nitrogens with zero attached hydrogens (tertiary/aromatic N) is 3. The molecule has 0 saturated carbocycles. The number of nitrogens with one attached hydrogen (secondary N) is 1. The van der Waals surface area contributed by atoms with Crippen LogP contribution in [0.1, 0.15) is 16.9 Å². The molecule has 0 atom stereocenters. The second-order valence-corrected chi connectivity index (χ2v) is 6.64. The van der Waals surface area contributed by atoms with Crippen LogP contribution in [0, 0.1) is 0 Å². The van der Waals surface area contributed by atoms with Gasteiger partial charge in [-0.3, -0.25) is 4.79 Å². The molecule has 1 N–H and O–H groups in total. The maximum atomic E-state index is 12.2. The Labute approximate surface area is 112 Å². The number of carbonyl (C=O) groups is 1. The molecule has 0 bridgehead atoms. The fraction of sp³-hybridized carbons (Fsp3) is 0.545. The van der Waals surface area contributed by atoms with Crippen molar-refractivity contribution in [3.63, 3.8) is 0 Å². The van der Waals surface area contributed by atoms with Crippen LogP contribution in [0.4, 0.5) is 5.82 Å². The van der Waals surface area contributed by atoms with E-state index in [-0.39, 0.29) is 29.7 Å². The number of hydrogen-bond acceptors (Lipinski definition) is 6. The van der Waals surface area contributed by atoms with E-state index in [1.54, 1.807) is 7.05 Å². The molecule has 1 saturated heterocycles. The summed E-state index contributed by atoms with van der Waals surface area (Å²) in [5.41, 5.74) is 0.235. The number of sulfone groups is 1. The van der Waals surface area contributed by atoms with Crippen LogP contribution in [0.15, 0.2) is 12.4 Å². The molecule has 1 aliphatic rings. The zero-order valence-electron chi connectivity index (χ0n) is 10.7. The van der Waals surface area contributed by atoms with E-state index in [0.29, 0.717) is 18.8 Å². The SMILES string of the molecule is CNc1cnc(C(=O)N2CCCS(=O)(=O)CC2)cn1. The highest BCUT2D eigenvalue weighted by atomic mass is 32.2. The van der Waals surface area contributed by atoms with Gasteiger partial charge in [-0.05, 0) is 6.42 Å². The zero-order valence-corrected chi connectivity index (χ0v) is 11.5. The molecule has 0 radical (unpaired) electrons. The lowest BCUT2D eigenvalue weighted by Gasteiger charge is -2.18. The Balaban J connectivity index is 2.10. The van der Waals surface area contributed by atoms with Crippen molar-refractivity contribution in [2.75, 3.05) is 37.0 Å². The van der Waals surface area contributed by atoms with Crippen molar-refractivity contribution in [2.24, 2.45) is 0 Å². The molecule has 2 heterocycles. The molecule has 0 aromatic carbocycles. The predicted octanol–water partition coefficient (Wildman–Crippen LogP) is -0.221. The summed E-state index contributed by atoms with van der Waals surface area (Å²) in [5.74, 6) is 0.462. The van der Waals surface area contributed by atoms with E-state index in [2.05, 4.69) is 15.3 Å². The maximum Gasteiger partial charge on any atom is 0.274 e. The Morgan fingerprint density at radius 1 is 1.26 bits per heavy atom. The molecule has 1 aromatic rings. The summed E-state index contributed by atoms with van der Waals surface area (Å²) in [6.45, 7) is 0.657. The van der Waals surface area contributed by atoms with E-state index >= 15 is 0 Å². The van der Waals surface area contributed by atoms with Crippen LogP contribution in [-0.2, 0) is 9.84 Å². The first kappa shape index (κ1) is 13.7. The van der Waals surface area contributed by atoms with Crippen LogP contribution in [-0.4, -0.2) is 60.8 Å². The van der Waals surface area contributed by atoms with Gasteiger partial charge in [0.1, 0.15) is 11.5 Å². The zero-order chi connectivity index (χ0) is 13.9. The molecule has 2 rings (SSSR count). The summed E-state index contributed by atoms with van der Waals surface area (Å²) in [6.07, 6.45) is 3.34. The number of amides is 1. The number of anilines is 1. The number of aromatic nitrogens is 2. The summed E-state index contributed by atoms with van der Waals surface area (Å²) >= 11 is 0. The van der Waals surface area contributed by atoms with Gasteiger partial charge in [0.25, 0.3) is 5.91 Å². The molecule has 1 amide bonds. The summed E-state index contributed by atoms with van der Waals surface area (Å²) in [5, 5.41) is 2.82. The largest absolute Gasteiger partial charge is 0.372 e. The first-order valence-electron chi connectivity index (χ1n) is 6.01. The van der Waals surface area contributed by atoms with Gasteiger partial charge in [-0.25, -0.2) is 18.4 Å². The van der Waals surface area contributed by atoms with Gasteiger partial charge >= 0.3 is 0 Å². The van der Waals surface area contributed by atoms with E-state index < -0.39 is 9.84 Å². The van der Waals surface area contributed by atoms with Crippen molar-refractivity contribution in [1.29, 1.82) is 0 Å². The van der Waals surface area contributed by atoms with E-state index in [0.717, 1.165) is 0 Å². The fourth-order valence-electron chi connectivity index (χ4n) is 1.87. The minimum atomic E-state index is -3.02. The molecule has 0 aliphatic carbocycles. The third-order valence-corrected chi connectivity index (χ3v) is 4.69. The standard InChI is InChI=1S/C11H16N4O3S/c1-12-10-8-13-9(7-14-10)11(16)15-3-2-5-19(17,18)6-4-15/h7-8H,2-6H2,1H3,(H,12,14). The second-order valence-electron chi connectivity index (χ2n) is 4.33. The average Bonchev–Trinajstić information content (AvgIpc) is 2.59. The smallest absolute Gasteiger partial charge is 0.274 e. The molecule has 8 heteroatoms. The van der Waals surface area contributed by atoms with Gasteiger partial charge < -0.3 is 10.2 Å². The summed E-state index contributed by atoms with van der Waals surface area (Å²) < 4.78 is 23.0. The van der Waals surface area contributed by atoms with Gasteiger partial charge in [-0.15, -0.1) is 0 Å². The van der Waals surface area contributed by atoms with Crippen molar-refractivity contribution in [2.45, 2.75) is 6.42 Å². The van der Waals surface area contributed by atoms with Crippen molar-refractivity contribution in [3.05, 3.63) is 18.1 Å². The molecule has 0 unspecified atom stereocenters. The summed E-state index contributed by atoms with van der Waals surface area (Å²) in [7, 11) is -1.30. The number of carbonyl (C=O) groups excluding carboxylic acids is 1. The summed E-state index contributed by atoms with van der Waals surface area (Å²) in [6, 6.07) is 0. The third kappa shape index (κ3) is 3.40. The van der Waals surface area contributed by atoms with E-state index in [4.69, 9.17) is 0 Å². The topological polar surface area (TPSA) is 92.3 Å². The van der Waals surface area contributed by atoms with Crippen molar-refractivity contribution < 1.29 is 13.2 Å². The highest BCUT2D eigenvalue weighted by molar-refractivity contribution is 7.91. The third-order valence-electron chi connectivity index (χ3n) is 2.97. The Bertz CT molecular complexity index is 556. The first-order chi connectivity index (χ1) is 9.02. The molecule has 104 valence electrons. The van der Waals surface area contributed by atoms with Crippen molar-refractivity contribution in [3.8, 4) is 0 Å². The van der Waals surface area contributed by atoms with Crippen LogP contribution < -0.4 is 5.32 Å². The Hall–Kier alpha value is -1.70. The molecule has 1 fully saturated rings. The highest BCUT2D eigenvalue weighted by Crippen LogP contribution is 2.09. The van der Waals surface area contributed by atoms with Crippen LogP contribution in [0.25, 0.3) is 0 Å². The average molecular weight is 284 g/mol. The van der Waals surface area contributed by atoms with Gasteiger partial charge in [-0.2, -0.15) is 0 Å². The fourth-order valence-corrected chi connectivity index (χ4v) is 3.14. The maximum absolute atomic E-state index is 12.2. The molecule has 1 aromatic heterocycles. The lowest BCUT2D eigenvalue weighted by atomic mass is 10.3. The van der Waals surface area contributed by atoms with Crippen LogP contribution >= 0.6 is 0 Å². The minimum Gasteiger partial charge on any atom is -0.372 e. The van der Waals surface area contributed by atoms with Crippen molar-refractivity contribution in [1.82, 2.24) is 14.9 Å². The molecular formula is C11H16N4O3S. The van der Waals surface area contributed by atoms with E-state index in [1.807, 2.05) is 0 Å². The van der Waals surface area contributed by atoms with Gasteiger partial charge in [0.05, 0.1) is 23.9 Å². The Kier molecular flexibility index (Phi) is 3.98. The molecular weight excluding hydrogens is 268 g/mol. The quantitative estimate of drug-likeness (QED) is 0.807. The van der Waals surface area contributed by atoms with Gasteiger partial charge in [0, 0.05) is 20.1 Å². The van der Waals surface area contributed by atoms with E-state index in [9.17, 15) is 13.2 Å². The van der Waals surface area contributed by atoms with Gasteiger partial charge in [-0.1, -0.05) is 0 Å². The Morgan fingerprint density at radius 2 is 2.05 bits per heavy atom. The molecule has 7 nitrogen and oxygen atoms in total. The Morgan fingerprint density at radius 3 is 2.68 bits per heavy atom. The lowest BCUT2D eigenvalue weighted by molar-refractivity contribution is 0.0762. The first-order valence-corrected chi connectivity index (χ1v) is 7.83. The number of rotatable bonds is 2.